The Kier molecular flexibility index (Phi) is 4.80. The van der Waals surface area contributed by atoms with Gasteiger partial charge in [0.2, 0.25) is 5.91 Å². The van der Waals surface area contributed by atoms with E-state index in [1.54, 1.807) is 0 Å². The van der Waals surface area contributed by atoms with Crippen molar-refractivity contribution in [1.82, 2.24) is 4.90 Å². The van der Waals surface area contributed by atoms with E-state index in [1.165, 1.54) is 35.7 Å². The Morgan fingerprint density at radius 3 is 2.71 bits per heavy atom. The average Bonchev–Trinajstić information content (AvgIpc) is 2.65. The molecule has 3 heteroatoms. The molecule has 1 saturated carbocycles. The van der Waals surface area contributed by atoms with Crippen molar-refractivity contribution in [2.75, 3.05) is 6.54 Å². The zero-order valence-corrected chi connectivity index (χ0v) is 15.7. The first kappa shape index (κ1) is 16.4. The molecule has 1 aliphatic heterocycles. The smallest absolute Gasteiger partial charge is 0.226 e. The normalized spacial score (nSPS) is 33.0. The van der Waals surface area contributed by atoms with E-state index in [1.807, 2.05) is 0 Å². The molecule has 2 bridgehead atoms. The fourth-order valence-electron chi connectivity index (χ4n) is 4.93. The van der Waals surface area contributed by atoms with Crippen LogP contribution in [-0.4, -0.2) is 23.4 Å². The van der Waals surface area contributed by atoms with Crippen molar-refractivity contribution in [3.63, 3.8) is 0 Å². The maximum atomic E-state index is 13.5. The van der Waals surface area contributed by atoms with Gasteiger partial charge in [-0.05, 0) is 49.5 Å². The summed E-state index contributed by atoms with van der Waals surface area (Å²) in [5.74, 6) is 1.74. The highest BCUT2D eigenvalue weighted by atomic mass is 79.9. The number of likely N-dealkylation sites (tertiary alicyclic amines) is 1. The van der Waals surface area contributed by atoms with Crippen LogP contribution in [0.25, 0.3) is 0 Å². The molecule has 1 amide bonds. The zero-order chi connectivity index (χ0) is 16.5. The number of allylic oxidation sites excluding steroid dienone is 1. The number of carbonyl (C=O) groups excluding carboxylic acids is 1. The first-order chi connectivity index (χ1) is 11.7. The lowest BCUT2D eigenvalue weighted by atomic mass is 9.74. The van der Waals surface area contributed by atoms with E-state index in [-0.39, 0.29) is 5.92 Å². The second-order valence-corrected chi connectivity index (χ2v) is 8.59. The van der Waals surface area contributed by atoms with Crippen LogP contribution in [-0.2, 0) is 4.79 Å². The second-order valence-electron chi connectivity index (χ2n) is 7.67. The van der Waals surface area contributed by atoms with E-state index in [0.717, 1.165) is 31.7 Å². The van der Waals surface area contributed by atoms with Gasteiger partial charge in [-0.15, -0.1) is 0 Å². The molecule has 2 fully saturated rings. The summed E-state index contributed by atoms with van der Waals surface area (Å²) in [6.45, 7) is 0.940. The van der Waals surface area contributed by atoms with E-state index >= 15 is 0 Å². The van der Waals surface area contributed by atoms with E-state index in [0.29, 0.717) is 17.9 Å². The van der Waals surface area contributed by atoms with Gasteiger partial charge in [-0.25, -0.2) is 0 Å². The summed E-state index contributed by atoms with van der Waals surface area (Å²) >= 11 is 3.74. The van der Waals surface area contributed by atoms with Gasteiger partial charge in [-0.3, -0.25) is 4.79 Å². The fourth-order valence-corrected chi connectivity index (χ4v) is 5.55. The van der Waals surface area contributed by atoms with Gasteiger partial charge in [0, 0.05) is 16.9 Å². The molecule has 4 atom stereocenters. The van der Waals surface area contributed by atoms with Crippen LogP contribution in [0.4, 0.5) is 0 Å². The molecule has 3 aliphatic rings. The van der Waals surface area contributed by atoms with Crippen molar-refractivity contribution in [1.29, 1.82) is 0 Å². The molecule has 24 heavy (non-hydrogen) atoms. The van der Waals surface area contributed by atoms with Crippen molar-refractivity contribution in [3.8, 4) is 0 Å². The number of nitrogens with zero attached hydrogens (tertiary/aromatic N) is 1. The molecule has 4 rings (SSSR count). The van der Waals surface area contributed by atoms with Gasteiger partial charge in [0.05, 0.1) is 6.04 Å². The van der Waals surface area contributed by atoms with Gasteiger partial charge in [0.15, 0.2) is 0 Å². The molecule has 0 radical (unpaired) electrons. The summed E-state index contributed by atoms with van der Waals surface area (Å²) in [6.07, 6.45) is 10.4. The standard InChI is InChI=1S/C21H26BrNO/c22-19-11-10-15-12-13-23(20(19)14-15)21(24)18-9-5-4-8-17(18)16-6-2-1-3-7-16/h1-3,6-7,11,15,17-18,20H,4-5,8-10,12-14H2/t15-,17+,18-,20+/m1/s1. The summed E-state index contributed by atoms with van der Waals surface area (Å²) in [6, 6.07) is 11.0. The molecule has 1 heterocycles. The minimum absolute atomic E-state index is 0.167. The Bertz CT molecular complexity index is 626. The number of hydrogen-bond donors (Lipinski definition) is 0. The SMILES string of the molecule is O=C([C@@H]1CCCC[C@H]1c1ccccc1)N1CC[C@H]2CC=C(Br)[C@@H]1C2. The van der Waals surface area contributed by atoms with E-state index < -0.39 is 0 Å². The van der Waals surface area contributed by atoms with Crippen LogP contribution in [0.3, 0.4) is 0 Å². The number of rotatable bonds is 2. The number of fused-ring (bicyclic) bond motifs is 2. The summed E-state index contributed by atoms with van der Waals surface area (Å²) < 4.78 is 1.24. The lowest BCUT2D eigenvalue weighted by Gasteiger charge is -2.45. The predicted molar refractivity (Wildman–Crippen MR) is 101 cm³/mol. The van der Waals surface area contributed by atoms with Crippen LogP contribution in [0.2, 0.25) is 0 Å². The molecule has 2 nitrogen and oxygen atoms in total. The average molecular weight is 388 g/mol. The molecule has 0 spiro atoms. The molecular weight excluding hydrogens is 362 g/mol. The number of hydrogen-bond acceptors (Lipinski definition) is 1. The minimum Gasteiger partial charge on any atom is -0.335 e. The van der Waals surface area contributed by atoms with Crippen molar-refractivity contribution in [3.05, 3.63) is 46.5 Å². The molecule has 0 aromatic heterocycles. The van der Waals surface area contributed by atoms with Crippen LogP contribution >= 0.6 is 15.9 Å². The van der Waals surface area contributed by atoms with E-state index in [4.69, 9.17) is 0 Å². The van der Waals surface area contributed by atoms with Gasteiger partial charge in [0.1, 0.15) is 0 Å². The first-order valence-corrected chi connectivity index (χ1v) is 10.2. The molecule has 128 valence electrons. The number of piperidine rings is 1. The van der Waals surface area contributed by atoms with Gasteiger partial charge < -0.3 is 4.90 Å². The summed E-state index contributed by atoms with van der Waals surface area (Å²) in [4.78, 5) is 15.7. The van der Waals surface area contributed by atoms with Crippen molar-refractivity contribution in [2.24, 2.45) is 11.8 Å². The van der Waals surface area contributed by atoms with Crippen LogP contribution in [0.15, 0.2) is 40.9 Å². The highest BCUT2D eigenvalue weighted by molar-refractivity contribution is 9.11. The van der Waals surface area contributed by atoms with Gasteiger partial charge >= 0.3 is 0 Å². The number of amides is 1. The quantitative estimate of drug-likeness (QED) is 0.678. The largest absolute Gasteiger partial charge is 0.335 e. The Labute approximate surface area is 153 Å². The Hall–Kier alpha value is -1.09. The van der Waals surface area contributed by atoms with Crippen molar-refractivity contribution < 1.29 is 4.79 Å². The lowest BCUT2D eigenvalue weighted by Crippen LogP contribution is -2.50. The van der Waals surface area contributed by atoms with Crippen LogP contribution in [0, 0.1) is 11.8 Å². The van der Waals surface area contributed by atoms with Crippen molar-refractivity contribution >= 4 is 21.8 Å². The third kappa shape index (κ3) is 3.08. The van der Waals surface area contributed by atoms with Crippen LogP contribution in [0.5, 0.6) is 0 Å². The topological polar surface area (TPSA) is 20.3 Å². The number of halogens is 1. The molecule has 0 unspecified atom stereocenters. The monoisotopic (exact) mass is 387 g/mol. The summed E-state index contributed by atoms with van der Waals surface area (Å²) in [5, 5.41) is 0. The van der Waals surface area contributed by atoms with Crippen LogP contribution in [0.1, 0.15) is 56.4 Å². The lowest BCUT2D eigenvalue weighted by molar-refractivity contribution is -0.140. The highest BCUT2D eigenvalue weighted by Gasteiger charge is 2.40. The number of carbonyl (C=O) groups is 1. The summed E-state index contributed by atoms with van der Waals surface area (Å²) in [5.41, 5.74) is 1.35. The maximum Gasteiger partial charge on any atom is 0.226 e. The molecule has 1 aromatic rings. The van der Waals surface area contributed by atoms with Gasteiger partial charge in [0.25, 0.3) is 0 Å². The first-order valence-electron chi connectivity index (χ1n) is 9.45. The minimum atomic E-state index is 0.167. The van der Waals surface area contributed by atoms with Gasteiger partial charge in [-0.1, -0.05) is 65.2 Å². The Balaban J connectivity index is 1.58. The van der Waals surface area contributed by atoms with Crippen LogP contribution < -0.4 is 0 Å². The maximum absolute atomic E-state index is 13.5. The molecule has 1 aromatic carbocycles. The molecule has 0 N–H and O–H groups in total. The second kappa shape index (κ2) is 7.03. The highest BCUT2D eigenvalue weighted by Crippen LogP contribution is 2.42. The van der Waals surface area contributed by atoms with E-state index in [9.17, 15) is 4.79 Å². The fraction of sp³-hybridized carbons (Fsp3) is 0.571. The molecule has 2 aliphatic carbocycles. The number of benzene rings is 1. The third-order valence-electron chi connectivity index (χ3n) is 6.27. The zero-order valence-electron chi connectivity index (χ0n) is 14.2. The molecular formula is C21H26BrNO. The van der Waals surface area contributed by atoms with E-state index in [2.05, 4.69) is 57.2 Å². The summed E-state index contributed by atoms with van der Waals surface area (Å²) in [7, 11) is 0. The third-order valence-corrected chi connectivity index (χ3v) is 7.12. The Morgan fingerprint density at radius 1 is 1.08 bits per heavy atom. The van der Waals surface area contributed by atoms with Crippen molar-refractivity contribution in [2.45, 2.75) is 56.9 Å². The Morgan fingerprint density at radius 2 is 1.88 bits per heavy atom. The predicted octanol–water partition coefficient (Wildman–Crippen LogP) is 5.25. The molecule has 1 saturated heterocycles. The van der Waals surface area contributed by atoms with Gasteiger partial charge in [-0.2, -0.15) is 0 Å².